The molecule has 5 N–H and O–H groups in total. The molecule has 0 bridgehead atoms. The van der Waals surface area contributed by atoms with Crippen LogP contribution < -0.4 is 11.5 Å². The number of aromatic carboxylic acids is 1. The number of rotatable bonds is 2. The molecule has 0 fully saturated rings. The molecule has 1 aromatic rings. The van der Waals surface area contributed by atoms with Crippen molar-refractivity contribution >= 4 is 22.3 Å². The van der Waals surface area contributed by atoms with Crippen molar-refractivity contribution in [1.82, 2.24) is 0 Å². The van der Waals surface area contributed by atoms with Gasteiger partial charge in [0.1, 0.15) is 5.00 Å². The van der Waals surface area contributed by atoms with Crippen molar-refractivity contribution in [3.8, 4) is 0 Å². The zero-order valence-corrected chi connectivity index (χ0v) is 8.84. The van der Waals surface area contributed by atoms with E-state index in [-0.39, 0.29) is 11.7 Å². The normalized spacial score (nSPS) is 19.9. The molecule has 6 heteroatoms. The van der Waals surface area contributed by atoms with Gasteiger partial charge in [-0.25, -0.2) is 4.79 Å². The van der Waals surface area contributed by atoms with Gasteiger partial charge in [0.2, 0.25) is 0 Å². The molecule has 0 aromatic carbocycles. The highest BCUT2D eigenvalue weighted by Crippen LogP contribution is 2.35. The van der Waals surface area contributed by atoms with Crippen molar-refractivity contribution in [3.63, 3.8) is 0 Å². The number of anilines is 1. The average Bonchev–Trinajstić information content (AvgIpc) is 2.52. The zero-order valence-electron chi connectivity index (χ0n) is 8.03. The van der Waals surface area contributed by atoms with Gasteiger partial charge in [0, 0.05) is 17.8 Å². The van der Waals surface area contributed by atoms with E-state index in [0.717, 1.165) is 10.4 Å². The Labute approximate surface area is 90.6 Å². The van der Waals surface area contributed by atoms with E-state index in [0.29, 0.717) is 24.6 Å². The van der Waals surface area contributed by atoms with Gasteiger partial charge in [-0.3, -0.25) is 0 Å². The standard InChI is InChI=1S/C9H12N2O3S/c10-2-4-1-5-6(3-14-4)15-8(11)7(5)9(12)13/h4H,1-3,10-11H2,(H,12,13). The van der Waals surface area contributed by atoms with Gasteiger partial charge in [-0.1, -0.05) is 0 Å². The van der Waals surface area contributed by atoms with Crippen molar-refractivity contribution in [2.24, 2.45) is 5.73 Å². The Kier molecular flexibility index (Phi) is 2.64. The summed E-state index contributed by atoms with van der Waals surface area (Å²) in [6, 6.07) is 0. The Morgan fingerprint density at radius 2 is 2.40 bits per heavy atom. The second-order valence-electron chi connectivity index (χ2n) is 3.42. The average molecular weight is 228 g/mol. The Morgan fingerprint density at radius 1 is 1.67 bits per heavy atom. The predicted molar refractivity (Wildman–Crippen MR) is 57.0 cm³/mol. The van der Waals surface area contributed by atoms with Crippen LogP contribution in [0.15, 0.2) is 0 Å². The van der Waals surface area contributed by atoms with E-state index in [9.17, 15) is 4.79 Å². The lowest BCUT2D eigenvalue weighted by atomic mass is 10.0. The first kappa shape index (κ1) is 10.4. The molecular weight excluding hydrogens is 216 g/mol. The van der Waals surface area contributed by atoms with Crippen LogP contribution in [0.2, 0.25) is 0 Å². The third-order valence-electron chi connectivity index (χ3n) is 2.48. The van der Waals surface area contributed by atoms with Gasteiger partial charge < -0.3 is 21.3 Å². The highest BCUT2D eigenvalue weighted by molar-refractivity contribution is 7.16. The molecule has 0 amide bonds. The van der Waals surface area contributed by atoms with Crippen LogP contribution in [-0.2, 0) is 17.8 Å². The fourth-order valence-corrected chi connectivity index (χ4v) is 2.75. The van der Waals surface area contributed by atoms with Crippen molar-refractivity contribution in [2.75, 3.05) is 12.3 Å². The molecule has 0 saturated heterocycles. The minimum Gasteiger partial charge on any atom is -0.478 e. The molecule has 2 heterocycles. The first-order chi connectivity index (χ1) is 7.13. The van der Waals surface area contributed by atoms with Gasteiger partial charge in [-0.2, -0.15) is 0 Å². The van der Waals surface area contributed by atoms with Crippen LogP contribution in [0.1, 0.15) is 20.8 Å². The SMILES string of the molecule is NCC1Cc2c(sc(N)c2C(=O)O)CO1. The Bertz CT molecular complexity index is 402. The lowest BCUT2D eigenvalue weighted by Crippen LogP contribution is -2.29. The summed E-state index contributed by atoms with van der Waals surface area (Å²) in [6.45, 7) is 0.813. The number of carboxylic acids is 1. The smallest absolute Gasteiger partial charge is 0.338 e. The summed E-state index contributed by atoms with van der Waals surface area (Å²) in [5, 5.41) is 9.38. The third kappa shape index (κ3) is 1.71. The van der Waals surface area contributed by atoms with E-state index < -0.39 is 5.97 Å². The first-order valence-electron chi connectivity index (χ1n) is 4.58. The second-order valence-corrected chi connectivity index (χ2v) is 4.56. The number of fused-ring (bicyclic) bond motifs is 1. The molecule has 82 valence electrons. The number of nitrogen functional groups attached to an aromatic ring is 1. The summed E-state index contributed by atoms with van der Waals surface area (Å²) < 4.78 is 5.44. The molecule has 2 rings (SSSR count). The van der Waals surface area contributed by atoms with Crippen LogP contribution in [-0.4, -0.2) is 23.7 Å². The minimum absolute atomic E-state index is 0.0930. The molecule has 1 atom stereocenters. The monoisotopic (exact) mass is 228 g/mol. The van der Waals surface area contributed by atoms with Gasteiger partial charge in [0.05, 0.1) is 18.3 Å². The van der Waals surface area contributed by atoms with E-state index in [4.69, 9.17) is 21.3 Å². The van der Waals surface area contributed by atoms with Gasteiger partial charge >= 0.3 is 5.97 Å². The van der Waals surface area contributed by atoms with E-state index in [1.165, 1.54) is 11.3 Å². The third-order valence-corrected chi connectivity index (χ3v) is 3.51. The summed E-state index contributed by atoms with van der Waals surface area (Å²) in [6.07, 6.45) is 0.450. The van der Waals surface area contributed by atoms with Crippen molar-refractivity contribution in [1.29, 1.82) is 0 Å². The fourth-order valence-electron chi connectivity index (χ4n) is 1.73. The van der Waals surface area contributed by atoms with Crippen LogP contribution in [0.5, 0.6) is 0 Å². The number of carbonyl (C=O) groups is 1. The molecule has 15 heavy (non-hydrogen) atoms. The van der Waals surface area contributed by atoms with Crippen LogP contribution in [0, 0.1) is 0 Å². The molecule has 0 saturated carbocycles. The quantitative estimate of drug-likeness (QED) is 0.681. The number of thiophene rings is 1. The topological polar surface area (TPSA) is 98.6 Å². The van der Waals surface area contributed by atoms with E-state index >= 15 is 0 Å². The Hall–Kier alpha value is -1.11. The molecule has 1 aromatic heterocycles. The van der Waals surface area contributed by atoms with Gasteiger partial charge in [0.15, 0.2) is 0 Å². The largest absolute Gasteiger partial charge is 0.478 e. The molecule has 0 spiro atoms. The van der Waals surface area contributed by atoms with Crippen LogP contribution >= 0.6 is 11.3 Å². The molecule has 5 nitrogen and oxygen atoms in total. The second kappa shape index (κ2) is 3.80. The maximum atomic E-state index is 11.0. The highest BCUT2D eigenvalue weighted by Gasteiger charge is 2.27. The lowest BCUT2D eigenvalue weighted by Gasteiger charge is -2.21. The number of ether oxygens (including phenoxy) is 1. The van der Waals surface area contributed by atoms with Crippen molar-refractivity contribution < 1.29 is 14.6 Å². The predicted octanol–water partition coefficient (Wildman–Crippen LogP) is 0.429. The van der Waals surface area contributed by atoms with Crippen LogP contribution in [0.25, 0.3) is 0 Å². The maximum Gasteiger partial charge on any atom is 0.338 e. The van der Waals surface area contributed by atoms with Gasteiger partial charge in [0.25, 0.3) is 0 Å². The van der Waals surface area contributed by atoms with E-state index in [1.54, 1.807) is 0 Å². The minimum atomic E-state index is -0.970. The molecule has 1 aliphatic rings. The van der Waals surface area contributed by atoms with Gasteiger partial charge in [-0.05, 0) is 5.56 Å². The summed E-state index contributed by atoms with van der Waals surface area (Å²) >= 11 is 1.29. The number of carboxylic acid groups (broad SMARTS) is 1. The molecule has 0 radical (unpaired) electrons. The van der Waals surface area contributed by atoms with Crippen molar-refractivity contribution in [3.05, 3.63) is 16.0 Å². The fraction of sp³-hybridized carbons (Fsp3) is 0.444. The van der Waals surface area contributed by atoms with Crippen LogP contribution in [0.4, 0.5) is 5.00 Å². The lowest BCUT2D eigenvalue weighted by molar-refractivity contribution is 0.0361. The summed E-state index contributed by atoms with van der Waals surface area (Å²) in [5.41, 5.74) is 12.2. The number of hydrogen-bond donors (Lipinski definition) is 3. The first-order valence-corrected chi connectivity index (χ1v) is 5.40. The summed E-state index contributed by atoms with van der Waals surface area (Å²) in [5.74, 6) is -0.970. The summed E-state index contributed by atoms with van der Waals surface area (Å²) in [7, 11) is 0. The molecule has 0 aliphatic carbocycles. The number of hydrogen-bond acceptors (Lipinski definition) is 5. The summed E-state index contributed by atoms with van der Waals surface area (Å²) in [4.78, 5) is 11.9. The number of nitrogens with two attached hydrogens (primary N) is 2. The molecule has 1 unspecified atom stereocenters. The van der Waals surface area contributed by atoms with Crippen molar-refractivity contribution in [2.45, 2.75) is 19.1 Å². The van der Waals surface area contributed by atoms with E-state index in [2.05, 4.69) is 0 Å². The maximum absolute atomic E-state index is 11.0. The van der Waals surface area contributed by atoms with Crippen LogP contribution in [0.3, 0.4) is 0 Å². The molecular formula is C9H12N2O3S. The van der Waals surface area contributed by atoms with E-state index in [1.807, 2.05) is 0 Å². The molecule has 1 aliphatic heterocycles. The Morgan fingerprint density at radius 3 is 3.00 bits per heavy atom. The Balaban J connectivity index is 2.42. The zero-order chi connectivity index (χ0) is 11.0. The highest BCUT2D eigenvalue weighted by atomic mass is 32.1. The van der Waals surface area contributed by atoms with Gasteiger partial charge in [-0.15, -0.1) is 11.3 Å².